The number of hydrogen-bond donors (Lipinski definition) is 2. The highest BCUT2D eigenvalue weighted by molar-refractivity contribution is 9.11. The molecule has 9 nitrogen and oxygen atoms in total. The van der Waals surface area contributed by atoms with Gasteiger partial charge in [0.15, 0.2) is 0 Å². The van der Waals surface area contributed by atoms with Gasteiger partial charge in [0.1, 0.15) is 0 Å². The first-order chi connectivity index (χ1) is 13.6. The van der Waals surface area contributed by atoms with Crippen LogP contribution in [0.3, 0.4) is 0 Å². The maximum atomic E-state index is 10.6. The Kier molecular flexibility index (Phi) is 6.36. The molecule has 0 spiro atoms. The van der Waals surface area contributed by atoms with Crippen LogP contribution in [0.4, 0.5) is 13.2 Å². The summed E-state index contributed by atoms with van der Waals surface area (Å²) in [4.78, 5) is 14.3. The van der Waals surface area contributed by atoms with Crippen LogP contribution in [-0.2, 0) is 9.53 Å². The van der Waals surface area contributed by atoms with E-state index in [2.05, 4.69) is 31.2 Å². The fraction of sp³-hybridized carbons (Fsp3) is 0.333. The maximum Gasteiger partial charge on any atom is 0.490 e. The third-order valence-electron chi connectivity index (χ3n) is 3.74. The summed E-state index contributed by atoms with van der Waals surface area (Å²) < 4.78 is 45.3. The van der Waals surface area contributed by atoms with Crippen LogP contribution in [0.5, 0.6) is 0 Å². The van der Waals surface area contributed by atoms with E-state index in [1.54, 1.807) is 22.2 Å². The lowest BCUT2D eigenvalue weighted by atomic mass is 10.2. The van der Waals surface area contributed by atoms with E-state index in [-0.39, 0.29) is 12.1 Å². The number of carbonyl (C=O) groups is 1. The molecule has 1 aliphatic heterocycles. The summed E-state index contributed by atoms with van der Waals surface area (Å²) in [7, 11) is 0. The van der Waals surface area contributed by atoms with Gasteiger partial charge in [-0.3, -0.25) is 4.68 Å². The minimum Gasteiger partial charge on any atom is -0.475 e. The van der Waals surface area contributed by atoms with Gasteiger partial charge in [0, 0.05) is 6.20 Å². The molecule has 0 saturated carbocycles. The number of ether oxygens (including phenoxy) is 1. The number of alkyl halides is 3. The molecule has 3 aromatic heterocycles. The summed E-state index contributed by atoms with van der Waals surface area (Å²) in [6.45, 7) is 1.12. The third kappa shape index (κ3) is 5.20. The quantitative estimate of drug-likeness (QED) is 0.567. The Bertz CT molecular complexity index is 989. The van der Waals surface area contributed by atoms with Crippen LogP contribution < -0.4 is 5.73 Å². The lowest BCUT2D eigenvalue weighted by Gasteiger charge is -2.12. The van der Waals surface area contributed by atoms with Gasteiger partial charge in [-0.2, -0.15) is 23.3 Å². The van der Waals surface area contributed by atoms with Crippen molar-refractivity contribution in [1.82, 2.24) is 19.9 Å². The molecular formula is C15H13BrF3N5O4S. The number of halogens is 4. The molecule has 0 aliphatic carbocycles. The van der Waals surface area contributed by atoms with E-state index < -0.39 is 12.1 Å². The summed E-state index contributed by atoms with van der Waals surface area (Å²) >= 11 is 4.98. The number of nitrogens with zero attached hydrogens (tertiary/aromatic N) is 4. The largest absolute Gasteiger partial charge is 0.490 e. The van der Waals surface area contributed by atoms with Gasteiger partial charge in [-0.1, -0.05) is 5.16 Å². The summed E-state index contributed by atoms with van der Waals surface area (Å²) in [5, 5.41) is 15.5. The zero-order valence-corrected chi connectivity index (χ0v) is 16.7. The molecule has 4 rings (SSSR count). The highest BCUT2D eigenvalue weighted by Gasteiger charge is 2.38. The highest BCUT2D eigenvalue weighted by atomic mass is 79.9. The standard InChI is InChI=1S/C13H12BrN5O2S.C2HF3O2/c14-11-2-1-10(22-11)12-17-13(21-18-12)7-3-16-19(4-7)9-6-20-5-8(9)15;3-2(4,5)1(6)7/h1-4,8-9H,5-6,15H2;(H,6,7)/t8-,9+;/m1./s1. The SMILES string of the molecule is N[C@@H]1COC[C@@H]1n1cc(-c2nc(-c3ccc(Br)s3)no2)cn1.O=C(O)C(F)(F)F. The van der Waals surface area contributed by atoms with E-state index in [0.717, 1.165) is 14.2 Å². The smallest absolute Gasteiger partial charge is 0.475 e. The summed E-state index contributed by atoms with van der Waals surface area (Å²) in [6.07, 6.45) is -1.52. The van der Waals surface area contributed by atoms with Gasteiger partial charge in [0.25, 0.3) is 5.89 Å². The van der Waals surface area contributed by atoms with Crippen molar-refractivity contribution < 1.29 is 32.3 Å². The first-order valence-electron chi connectivity index (χ1n) is 7.92. The van der Waals surface area contributed by atoms with Crippen molar-refractivity contribution in [3.05, 3.63) is 28.3 Å². The zero-order chi connectivity index (χ0) is 21.2. The van der Waals surface area contributed by atoms with Crippen LogP contribution in [0.2, 0.25) is 0 Å². The van der Waals surface area contributed by atoms with Gasteiger partial charge in [-0.25, -0.2) is 4.79 Å². The molecule has 1 fully saturated rings. The number of nitrogens with two attached hydrogens (primary N) is 1. The van der Waals surface area contributed by atoms with E-state index >= 15 is 0 Å². The van der Waals surface area contributed by atoms with Crippen molar-refractivity contribution in [3.63, 3.8) is 0 Å². The highest BCUT2D eigenvalue weighted by Crippen LogP contribution is 2.31. The van der Waals surface area contributed by atoms with E-state index in [0.29, 0.717) is 24.9 Å². The van der Waals surface area contributed by atoms with Crippen LogP contribution in [0.25, 0.3) is 22.2 Å². The predicted molar refractivity (Wildman–Crippen MR) is 98.1 cm³/mol. The van der Waals surface area contributed by atoms with E-state index in [4.69, 9.17) is 24.9 Å². The summed E-state index contributed by atoms with van der Waals surface area (Å²) in [5.41, 5.74) is 6.77. The average Bonchev–Trinajstić information content (AvgIpc) is 3.40. The van der Waals surface area contributed by atoms with Crippen molar-refractivity contribution in [2.24, 2.45) is 5.73 Å². The molecule has 14 heteroatoms. The number of thiophene rings is 1. The number of hydrogen-bond acceptors (Lipinski definition) is 8. The van der Waals surface area contributed by atoms with E-state index in [1.807, 2.05) is 18.3 Å². The number of rotatable bonds is 3. The Morgan fingerprint density at radius 3 is 2.66 bits per heavy atom. The molecule has 0 bridgehead atoms. The molecule has 0 amide bonds. The Balaban J connectivity index is 0.000000298. The molecule has 4 heterocycles. The van der Waals surface area contributed by atoms with Crippen molar-refractivity contribution in [1.29, 1.82) is 0 Å². The second-order valence-electron chi connectivity index (χ2n) is 5.81. The molecule has 0 unspecified atom stereocenters. The molecule has 3 N–H and O–H groups in total. The number of carboxylic acids is 1. The van der Waals surface area contributed by atoms with Gasteiger partial charge in [0.05, 0.1) is 45.7 Å². The van der Waals surface area contributed by atoms with Gasteiger partial charge >= 0.3 is 12.1 Å². The van der Waals surface area contributed by atoms with Crippen LogP contribution >= 0.6 is 27.3 Å². The van der Waals surface area contributed by atoms with Gasteiger partial charge in [0.2, 0.25) is 5.82 Å². The Morgan fingerprint density at radius 2 is 2.10 bits per heavy atom. The Hall–Kier alpha value is -2.29. The second kappa shape index (κ2) is 8.61. The minimum atomic E-state index is -5.08. The molecule has 0 radical (unpaired) electrons. The Morgan fingerprint density at radius 1 is 1.38 bits per heavy atom. The molecule has 1 saturated heterocycles. The lowest BCUT2D eigenvalue weighted by molar-refractivity contribution is -0.192. The monoisotopic (exact) mass is 495 g/mol. The van der Waals surface area contributed by atoms with Crippen LogP contribution in [0, 0.1) is 0 Å². The average molecular weight is 496 g/mol. The molecule has 1 aliphatic rings. The molecule has 29 heavy (non-hydrogen) atoms. The maximum absolute atomic E-state index is 10.6. The van der Waals surface area contributed by atoms with E-state index in [9.17, 15) is 13.2 Å². The van der Waals surface area contributed by atoms with E-state index in [1.165, 1.54) is 0 Å². The summed E-state index contributed by atoms with van der Waals surface area (Å²) in [5.74, 6) is -1.75. The predicted octanol–water partition coefficient (Wildman–Crippen LogP) is 2.96. The Labute approximate surface area is 173 Å². The number of carboxylic acid groups (broad SMARTS) is 1. The van der Waals surface area contributed by atoms with Crippen LogP contribution in [0.1, 0.15) is 6.04 Å². The zero-order valence-electron chi connectivity index (χ0n) is 14.3. The van der Waals surface area contributed by atoms with Crippen molar-refractivity contribution in [3.8, 4) is 22.2 Å². The van der Waals surface area contributed by atoms with Crippen molar-refractivity contribution >= 4 is 33.2 Å². The fourth-order valence-electron chi connectivity index (χ4n) is 2.34. The number of aromatic nitrogens is 4. The van der Waals surface area contributed by atoms with Gasteiger partial charge in [-0.15, -0.1) is 11.3 Å². The number of aliphatic carboxylic acids is 1. The van der Waals surface area contributed by atoms with Gasteiger partial charge in [-0.05, 0) is 28.1 Å². The molecule has 0 aromatic carbocycles. The molecule has 3 aromatic rings. The lowest BCUT2D eigenvalue weighted by Crippen LogP contribution is -2.31. The molecular weight excluding hydrogens is 483 g/mol. The normalized spacial score (nSPS) is 19.1. The van der Waals surface area contributed by atoms with Gasteiger partial charge < -0.3 is 20.1 Å². The third-order valence-corrected chi connectivity index (χ3v) is 5.36. The first kappa shape index (κ1) is 21.4. The fourth-order valence-corrected chi connectivity index (χ4v) is 3.65. The van der Waals surface area contributed by atoms with Crippen molar-refractivity contribution in [2.75, 3.05) is 13.2 Å². The molecule has 156 valence electrons. The van der Waals surface area contributed by atoms with Crippen LogP contribution in [0.15, 0.2) is 32.8 Å². The van der Waals surface area contributed by atoms with Crippen molar-refractivity contribution in [2.45, 2.75) is 18.3 Å². The van der Waals surface area contributed by atoms with Crippen LogP contribution in [-0.4, -0.2) is 56.4 Å². The topological polar surface area (TPSA) is 129 Å². The first-order valence-corrected chi connectivity index (χ1v) is 9.53. The molecule has 2 atom stereocenters. The summed E-state index contributed by atoms with van der Waals surface area (Å²) in [6, 6.07) is 3.90. The minimum absolute atomic E-state index is 0.0457. The second-order valence-corrected chi connectivity index (χ2v) is 8.27.